The summed E-state index contributed by atoms with van der Waals surface area (Å²) in [6.45, 7) is 0.666. The van der Waals surface area contributed by atoms with Crippen LogP contribution in [0.5, 0.6) is 0 Å². The molecule has 0 heterocycles. The number of hydrogen-bond acceptors (Lipinski definition) is 2. The summed E-state index contributed by atoms with van der Waals surface area (Å²) in [6.07, 6.45) is 0.892. The van der Waals surface area contributed by atoms with Gasteiger partial charge in [-0.2, -0.15) is 0 Å². The van der Waals surface area contributed by atoms with Crippen LogP contribution in [0.4, 0.5) is 0 Å². The quantitative estimate of drug-likeness (QED) is 0.867. The lowest BCUT2D eigenvalue weighted by molar-refractivity contribution is 0.960. The molecule has 2 rings (SSSR count). The minimum absolute atomic E-state index is 0.666. The van der Waals surface area contributed by atoms with Crippen LogP contribution >= 0.6 is 39.3 Å². The fraction of sp³-hybridized carbons (Fsp3) is 0.143. The highest BCUT2D eigenvalue weighted by atomic mass is 79.9. The molecule has 18 heavy (non-hydrogen) atoms. The number of rotatable bonds is 4. The first kappa shape index (κ1) is 13.9. The van der Waals surface area contributed by atoms with E-state index in [9.17, 15) is 0 Å². The Hall–Kier alpha value is -0.480. The highest BCUT2D eigenvalue weighted by Crippen LogP contribution is 2.32. The number of benzene rings is 2. The molecule has 0 fully saturated rings. The highest BCUT2D eigenvalue weighted by Gasteiger charge is 2.03. The van der Waals surface area contributed by atoms with Crippen LogP contribution in [-0.4, -0.2) is 6.54 Å². The first-order valence-electron chi connectivity index (χ1n) is 5.61. The molecule has 0 amide bonds. The van der Waals surface area contributed by atoms with Gasteiger partial charge in [0, 0.05) is 19.3 Å². The Kier molecular flexibility index (Phi) is 5.13. The van der Waals surface area contributed by atoms with Gasteiger partial charge in [0.15, 0.2) is 0 Å². The van der Waals surface area contributed by atoms with Crippen molar-refractivity contribution in [2.45, 2.75) is 16.2 Å². The molecule has 0 spiro atoms. The summed E-state index contributed by atoms with van der Waals surface area (Å²) >= 11 is 11.3. The van der Waals surface area contributed by atoms with Crippen molar-refractivity contribution in [3.05, 3.63) is 57.5 Å². The molecule has 0 aliphatic rings. The number of hydrogen-bond donors (Lipinski definition) is 1. The lowest BCUT2D eigenvalue weighted by atomic mass is 10.1. The maximum Gasteiger partial charge on any atom is 0.0417 e. The molecule has 0 radical (unpaired) electrons. The first-order valence-corrected chi connectivity index (χ1v) is 7.59. The molecule has 2 N–H and O–H groups in total. The summed E-state index contributed by atoms with van der Waals surface area (Å²) in [6, 6.07) is 14.2. The average molecular weight is 343 g/mol. The van der Waals surface area contributed by atoms with E-state index in [1.54, 1.807) is 11.8 Å². The third kappa shape index (κ3) is 3.75. The van der Waals surface area contributed by atoms with Crippen LogP contribution in [0.15, 0.2) is 56.7 Å². The topological polar surface area (TPSA) is 26.0 Å². The SMILES string of the molecule is NCCc1ccc(Sc2cccc(Cl)c2)cc1Br. The van der Waals surface area contributed by atoms with E-state index < -0.39 is 0 Å². The predicted octanol–water partition coefficient (Wildman–Crippen LogP) is 4.75. The van der Waals surface area contributed by atoms with Gasteiger partial charge < -0.3 is 5.73 Å². The zero-order valence-corrected chi connectivity index (χ0v) is 12.9. The number of nitrogens with two attached hydrogens (primary N) is 1. The van der Waals surface area contributed by atoms with Gasteiger partial charge in [-0.05, 0) is 48.9 Å². The Balaban J connectivity index is 2.17. The molecule has 94 valence electrons. The van der Waals surface area contributed by atoms with Gasteiger partial charge >= 0.3 is 0 Å². The highest BCUT2D eigenvalue weighted by molar-refractivity contribution is 9.10. The van der Waals surface area contributed by atoms with Crippen LogP contribution in [0, 0.1) is 0 Å². The minimum atomic E-state index is 0.666. The van der Waals surface area contributed by atoms with Gasteiger partial charge in [-0.15, -0.1) is 0 Å². The van der Waals surface area contributed by atoms with Crippen molar-refractivity contribution in [1.82, 2.24) is 0 Å². The molecule has 1 nitrogen and oxygen atoms in total. The Morgan fingerprint density at radius 2 is 1.89 bits per heavy atom. The zero-order chi connectivity index (χ0) is 13.0. The Bertz CT molecular complexity index is 545. The molecule has 0 aliphatic heterocycles. The van der Waals surface area contributed by atoms with Gasteiger partial charge in [0.25, 0.3) is 0 Å². The minimum Gasteiger partial charge on any atom is -0.330 e. The normalized spacial score (nSPS) is 10.6. The molecular formula is C14H13BrClNS. The van der Waals surface area contributed by atoms with Crippen LogP contribution < -0.4 is 5.73 Å². The third-order valence-electron chi connectivity index (χ3n) is 2.47. The van der Waals surface area contributed by atoms with Gasteiger partial charge in [0.05, 0.1) is 0 Å². The van der Waals surface area contributed by atoms with Gasteiger partial charge in [0.1, 0.15) is 0 Å². The van der Waals surface area contributed by atoms with Crippen LogP contribution in [-0.2, 0) is 6.42 Å². The van der Waals surface area contributed by atoms with E-state index in [2.05, 4.69) is 40.2 Å². The fourth-order valence-corrected chi connectivity index (χ4v) is 3.52. The van der Waals surface area contributed by atoms with E-state index >= 15 is 0 Å². The van der Waals surface area contributed by atoms with Gasteiger partial charge in [-0.25, -0.2) is 0 Å². The van der Waals surface area contributed by atoms with Gasteiger partial charge in [0.2, 0.25) is 0 Å². The summed E-state index contributed by atoms with van der Waals surface area (Å²) in [5.74, 6) is 0. The average Bonchev–Trinajstić information content (AvgIpc) is 2.33. The molecule has 2 aromatic rings. The van der Waals surface area contributed by atoms with Crippen molar-refractivity contribution in [2.24, 2.45) is 5.73 Å². The van der Waals surface area contributed by atoms with Crippen LogP contribution in [0.1, 0.15) is 5.56 Å². The zero-order valence-electron chi connectivity index (χ0n) is 9.70. The van der Waals surface area contributed by atoms with Crippen molar-refractivity contribution in [3.63, 3.8) is 0 Å². The second-order valence-electron chi connectivity index (χ2n) is 3.85. The van der Waals surface area contributed by atoms with Crippen LogP contribution in [0.3, 0.4) is 0 Å². The van der Waals surface area contributed by atoms with E-state index in [-0.39, 0.29) is 0 Å². The van der Waals surface area contributed by atoms with Crippen molar-refractivity contribution in [2.75, 3.05) is 6.54 Å². The smallest absolute Gasteiger partial charge is 0.0417 e. The van der Waals surface area contributed by atoms with E-state index in [1.807, 2.05) is 18.2 Å². The second-order valence-corrected chi connectivity index (χ2v) is 6.29. The van der Waals surface area contributed by atoms with Crippen molar-refractivity contribution < 1.29 is 0 Å². The van der Waals surface area contributed by atoms with E-state index in [0.29, 0.717) is 6.54 Å². The standard InChI is InChI=1S/C14H13BrClNS/c15-14-9-13(5-4-10(14)6-7-17)18-12-3-1-2-11(16)8-12/h1-5,8-9H,6-7,17H2. The van der Waals surface area contributed by atoms with E-state index in [1.165, 1.54) is 10.5 Å². The summed E-state index contributed by atoms with van der Waals surface area (Å²) in [7, 11) is 0. The molecule has 0 unspecified atom stereocenters. The largest absolute Gasteiger partial charge is 0.330 e. The van der Waals surface area contributed by atoms with Crippen molar-refractivity contribution in [1.29, 1.82) is 0 Å². The molecule has 2 aromatic carbocycles. The molecule has 0 saturated carbocycles. The lowest BCUT2D eigenvalue weighted by Crippen LogP contribution is -2.03. The van der Waals surface area contributed by atoms with Gasteiger partial charge in [-0.1, -0.05) is 51.4 Å². The predicted molar refractivity (Wildman–Crippen MR) is 82.5 cm³/mol. The molecular weight excluding hydrogens is 330 g/mol. The molecule has 0 bridgehead atoms. The third-order valence-corrected chi connectivity index (χ3v) is 4.42. The fourth-order valence-electron chi connectivity index (χ4n) is 1.62. The molecule has 0 saturated heterocycles. The van der Waals surface area contributed by atoms with Crippen molar-refractivity contribution >= 4 is 39.3 Å². The monoisotopic (exact) mass is 341 g/mol. The lowest BCUT2D eigenvalue weighted by Gasteiger charge is -2.06. The molecule has 4 heteroatoms. The van der Waals surface area contributed by atoms with Gasteiger partial charge in [-0.3, -0.25) is 0 Å². The number of halogens is 2. The molecule has 0 aromatic heterocycles. The van der Waals surface area contributed by atoms with Crippen LogP contribution in [0.25, 0.3) is 0 Å². The van der Waals surface area contributed by atoms with E-state index in [0.717, 1.165) is 20.8 Å². The first-order chi connectivity index (χ1) is 8.69. The maximum absolute atomic E-state index is 5.97. The molecule has 0 atom stereocenters. The Labute approximate surface area is 125 Å². The summed E-state index contributed by atoms with van der Waals surface area (Å²) in [5, 5.41) is 0.763. The second kappa shape index (κ2) is 6.62. The van der Waals surface area contributed by atoms with Crippen LogP contribution in [0.2, 0.25) is 5.02 Å². The van der Waals surface area contributed by atoms with E-state index in [4.69, 9.17) is 17.3 Å². The summed E-state index contributed by atoms with van der Waals surface area (Å²) in [5.41, 5.74) is 6.81. The summed E-state index contributed by atoms with van der Waals surface area (Å²) < 4.78 is 1.11. The van der Waals surface area contributed by atoms with Crippen molar-refractivity contribution in [3.8, 4) is 0 Å². The summed E-state index contributed by atoms with van der Waals surface area (Å²) in [4.78, 5) is 2.32. The Morgan fingerprint density at radius 3 is 2.56 bits per heavy atom. The molecule has 0 aliphatic carbocycles. The Morgan fingerprint density at radius 1 is 1.11 bits per heavy atom. The maximum atomic E-state index is 5.97.